The van der Waals surface area contributed by atoms with Crippen molar-refractivity contribution in [3.05, 3.63) is 65.2 Å². The van der Waals surface area contributed by atoms with Gasteiger partial charge in [0.2, 0.25) is 0 Å². The minimum absolute atomic E-state index is 0.135. The van der Waals surface area contributed by atoms with Gasteiger partial charge in [-0.15, -0.1) is 0 Å². The molecule has 116 valence electrons. The second kappa shape index (κ2) is 7.02. The molecule has 0 aromatic heterocycles. The number of hydrogen-bond donors (Lipinski definition) is 0. The quantitative estimate of drug-likeness (QED) is 0.848. The summed E-state index contributed by atoms with van der Waals surface area (Å²) >= 11 is 0. The lowest BCUT2D eigenvalue weighted by atomic mass is 10.1. The molecule has 0 saturated heterocycles. The van der Waals surface area contributed by atoms with Crippen LogP contribution in [0.15, 0.2) is 42.5 Å². The number of carbonyl (C=O) groups excluding carboxylic acids is 1. The van der Waals surface area contributed by atoms with Crippen LogP contribution >= 0.6 is 0 Å². The van der Waals surface area contributed by atoms with Crippen LogP contribution in [-0.2, 0) is 6.42 Å². The van der Waals surface area contributed by atoms with Crippen LogP contribution in [0.5, 0.6) is 5.75 Å². The molecule has 0 N–H and O–H groups in total. The first-order valence-electron chi connectivity index (χ1n) is 6.84. The van der Waals surface area contributed by atoms with Gasteiger partial charge in [0.1, 0.15) is 5.75 Å². The highest BCUT2D eigenvalue weighted by atomic mass is 19.2. The first kappa shape index (κ1) is 15.9. The van der Waals surface area contributed by atoms with Crippen molar-refractivity contribution in [1.29, 1.82) is 0 Å². The highest BCUT2D eigenvalue weighted by molar-refractivity contribution is 5.94. The number of amides is 1. The molecule has 3 nitrogen and oxygen atoms in total. The summed E-state index contributed by atoms with van der Waals surface area (Å²) in [6, 6.07) is 10.7. The molecule has 0 heterocycles. The maximum absolute atomic E-state index is 13.2. The monoisotopic (exact) mass is 305 g/mol. The Kier molecular flexibility index (Phi) is 5.09. The summed E-state index contributed by atoms with van der Waals surface area (Å²) in [5.74, 6) is -1.55. The van der Waals surface area contributed by atoms with E-state index in [1.54, 1.807) is 14.2 Å². The van der Waals surface area contributed by atoms with Crippen molar-refractivity contribution >= 4 is 5.91 Å². The van der Waals surface area contributed by atoms with Crippen molar-refractivity contribution in [2.45, 2.75) is 6.42 Å². The van der Waals surface area contributed by atoms with Gasteiger partial charge in [-0.2, -0.15) is 0 Å². The maximum atomic E-state index is 13.2. The van der Waals surface area contributed by atoms with Crippen molar-refractivity contribution in [3.63, 3.8) is 0 Å². The highest BCUT2D eigenvalue weighted by Crippen LogP contribution is 2.13. The number of carbonyl (C=O) groups is 1. The molecule has 22 heavy (non-hydrogen) atoms. The largest absolute Gasteiger partial charge is 0.497 e. The lowest BCUT2D eigenvalue weighted by Crippen LogP contribution is -2.29. The molecule has 1 amide bonds. The van der Waals surface area contributed by atoms with E-state index in [2.05, 4.69) is 0 Å². The zero-order chi connectivity index (χ0) is 16.1. The number of ether oxygens (including phenoxy) is 1. The molecule has 0 aliphatic heterocycles. The number of rotatable bonds is 5. The van der Waals surface area contributed by atoms with Crippen LogP contribution in [0.4, 0.5) is 8.78 Å². The van der Waals surface area contributed by atoms with E-state index >= 15 is 0 Å². The smallest absolute Gasteiger partial charge is 0.253 e. The van der Waals surface area contributed by atoms with Crippen LogP contribution in [0.25, 0.3) is 0 Å². The van der Waals surface area contributed by atoms with Crippen LogP contribution in [0.1, 0.15) is 15.9 Å². The number of halogens is 2. The van der Waals surface area contributed by atoms with Gasteiger partial charge in [-0.25, -0.2) is 8.78 Å². The summed E-state index contributed by atoms with van der Waals surface area (Å²) in [5, 5.41) is 0. The third-order valence-corrected chi connectivity index (χ3v) is 3.41. The molecule has 2 aromatic rings. The fourth-order valence-electron chi connectivity index (χ4n) is 2.04. The zero-order valence-corrected chi connectivity index (χ0v) is 12.5. The fourth-order valence-corrected chi connectivity index (χ4v) is 2.04. The minimum Gasteiger partial charge on any atom is -0.497 e. The first-order chi connectivity index (χ1) is 10.5. The summed E-state index contributed by atoms with van der Waals surface area (Å²) in [7, 11) is 3.23. The van der Waals surface area contributed by atoms with Gasteiger partial charge in [-0.05, 0) is 42.3 Å². The van der Waals surface area contributed by atoms with Gasteiger partial charge < -0.3 is 9.64 Å². The molecular formula is C17H17F2NO2. The molecule has 0 bridgehead atoms. The molecule has 5 heteroatoms. The van der Waals surface area contributed by atoms with Crippen molar-refractivity contribution in [3.8, 4) is 5.75 Å². The van der Waals surface area contributed by atoms with Crippen LogP contribution in [-0.4, -0.2) is 31.5 Å². The van der Waals surface area contributed by atoms with Gasteiger partial charge in [0.25, 0.3) is 5.91 Å². The minimum atomic E-state index is -1.02. The van der Waals surface area contributed by atoms with Gasteiger partial charge in [-0.1, -0.05) is 12.1 Å². The van der Waals surface area contributed by atoms with E-state index in [0.717, 1.165) is 23.4 Å². The number of benzene rings is 2. The van der Waals surface area contributed by atoms with E-state index in [1.807, 2.05) is 24.3 Å². The molecule has 0 unspecified atom stereocenters. The van der Waals surface area contributed by atoms with Crippen molar-refractivity contribution in [2.24, 2.45) is 0 Å². The van der Waals surface area contributed by atoms with Crippen molar-refractivity contribution in [2.75, 3.05) is 20.7 Å². The molecule has 0 saturated carbocycles. The standard InChI is InChI=1S/C17H17F2NO2/c1-20(10-9-12-3-6-14(22-2)7-4-12)17(21)13-5-8-15(18)16(19)11-13/h3-8,11H,9-10H2,1-2H3. The van der Waals surface area contributed by atoms with Crippen LogP contribution in [0, 0.1) is 11.6 Å². The zero-order valence-electron chi connectivity index (χ0n) is 12.5. The van der Waals surface area contributed by atoms with E-state index in [0.29, 0.717) is 13.0 Å². The Morgan fingerprint density at radius 3 is 2.36 bits per heavy atom. The van der Waals surface area contributed by atoms with Crippen LogP contribution in [0.2, 0.25) is 0 Å². The summed E-state index contributed by atoms with van der Waals surface area (Å²) in [6.45, 7) is 0.476. The van der Waals surface area contributed by atoms with E-state index in [9.17, 15) is 13.6 Å². The van der Waals surface area contributed by atoms with Crippen LogP contribution < -0.4 is 4.74 Å². The molecule has 2 rings (SSSR count). The predicted molar refractivity (Wildman–Crippen MR) is 80.0 cm³/mol. The molecular weight excluding hydrogens is 288 g/mol. The highest BCUT2D eigenvalue weighted by Gasteiger charge is 2.14. The second-order valence-electron chi connectivity index (χ2n) is 4.95. The SMILES string of the molecule is COc1ccc(CCN(C)C(=O)c2ccc(F)c(F)c2)cc1. The fraction of sp³-hybridized carbons (Fsp3) is 0.235. The Morgan fingerprint density at radius 1 is 1.09 bits per heavy atom. The molecule has 0 fully saturated rings. The average Bonchev–Trinajstić information content (AvgIpc) is 2.55. The van der Waals surface area contributed by atoms with Gasteiger partial charge in [0.05, 0.1) is 7.11 Å². The number of methoxy groups -OCH3 is 1. The Morgan fingerprint density at radius 2 is 1.77 bits per heavy atom. The Labute approximate surface area is 128 Å². The molecule has 0 atom stereocenters. The Bertz CT molecular complexity index is 656. The van der Waals surface area contributed by atoms with Crippen molar-refractivity contribution in [1.82, 2.24) is 4.90 Å². The topological polar surface area (TPSA) is 29.5 Å². The van der Waals surface area contributed by atoms with Gasteiger partial charge in [-0.3, -0.25) is 4.79 Å². The molecule has 0 spiro atoms. The molecule has 2 aromatic carbocycles. The predicted octanol–water partition coefficient (Wildman–Crippen LogP) is 3.29. The molecule has 0 radical (unpaired) electrons. The van der Waals surface area contributed by atoms with E-state index < -0.39 is 11.6 Å². The average molecular weight is 305 g/mol. The molecule has 0 aliphatic rings. The van der Waals surface area contributed by atoms with Gasteiger partial charge in [0, 0.05) is 19.2 Å². The normalized spacial score (nSPS) is 10.4. The second-order valence-corrected chi connectivity index (χ2v) is 4.95. The van der Waals surface area contributed by atoms with E-state index in [1.165, 1.54) is 11.0 Å². The first-order valence-corrected chi connectivity index (χ1v) is 6.84. The third kappa shape index (κ3) is 3.81. The number of hydrogen-bond acceptors (Lipinski definition) is 2. The maximum Gasteiger partial charge on any atom is 0.253 e. The summed E-state index contributed by atoms with van der Waals surface area (Å²) in [4.78, 5) is 13.6. The van der Waals surface area contributed by atoms with E-state index in [-0.39, 0.29) is 11.5 Å². The van der Waals surface area contributed by atoms with Crippen molar-refractivity contribution < 1.29 is 18.3 Å². The number of likely N-dealkylation sites (N-methyl/N-ethyl adjacent to an activating group) is 1. The Hall–Kier alpha value is -2.43. The summed E-state index contributed by atoms with van der Waals surface area (Å²) in [6.07, 6.45) is 0.663. The van der Waals surface area contributed by atoms with Gasteiger partial charge >= 0.3 is 0 Å². The number of nitrogens with zero attached hydrogens (tertiary/aromatic N) is 1. The Balaban J connectivity index is 1.97. The van der Waals surface area contributed by atoms with Gasteiger partial charge in [0.15, 0.2) is 11.6 Å². The van der Waals surface area contributed by atoms with Crippen LogP contribution in [0.3, 0.4) is 0 Å². The molecule has 0 aliphatic carbocycles. The summed E-state index contributed by atoms with van der Waals surface area (Å²) < 4.78 is 31.1. The lowest BCUT2D eigenvalue weighted by Gasteiger charge is -2.17. The third-order valence-electron chi connectivity index (χ3n) is 3.41. The lowest BCUT2D eigenvalue weighted by molar-refractivity contribution is 0.0796. The van der Waals surface area contributed by atoms with E-state index in [4.69, 9.17) is 4.74 Å². The summed E-state index contributed by atoms with van der Waals surface area (Å²) in [5.41, 5.74) is 1.20.